The summed E-state index contributed by atoms with van der Waals surface area (Å²) in [5.41, 5.74) is 2.77. The van der Waals surface area contributed by atoms with E-state index in [1.54, 1.807) is 12.4 Å². The summed E-state index contributed by atoms with van der Waals surface area (Å²) in [6, 6.07) is 9.39. The van der Waals surface area contributed by atoms with Crippen molar-refractivity contribution in [3.63, 3.8) is 0 Å². The Bertz CT molecular complexity index is 853. The highest BCUT2D eigenvalue weighted by atomic mass is 79.9. The van der Waals surface area contributed by atoms with Crippen LogP contribution in [0.3, 0.4) is 0 Å². The minimum Gasteiger partial charge on any atom is -0.325 e. The van der Waals surface area contributed by atoms with Gasteiger partial charge in [0.05, 0.1) is 5.75 Å². The van der Waals surface area contributed by atoms with Crippen molar-refractivity contribution in [1.82, 2.24) is 20.2 Å². The van der Waals surface area contributed by atoms with Crippen LogP contribution in [-0.2, 0) is 4.79 Å². The van der Waals surface area contributed by atoms with Crippen molar-refractivity contribution >= 4 is 39.3 Å². The van der Waals surface area contributed by atoms with Gasteiger partial charge in [-0.25, -0.2) is 4.98 Å². The molecule has 3 aromatic rings. The zero-order valence-electron chi connectivity index (χ0n) is 12.8. The smallest absolute Gasteiger partial charge is 0.234 e. The molecule has 0 spiro atoms. The predicted octanol–water partition coefficient (Wildman–Crippen LogP) is 3.67. The van der Waals surface area contributed by atoms with Gasteiger partial charge in [0.15, 0.2) is 5.82 Å². The molecule has 1 aromatic carbocycles. The first-order valence-electron chi connectivity index (χ1n) is 7.13. The molecule has 0 aliphatic carbocycles. The fourth-order valence-corrected chi connectivity index (χ4v) is 2.92. The average molecular weight is 404 g/mol. The van der Waals surface area contributed by atoms with E-state index >= 15 is 0 Å². The van der Waals surface area contributed by atoms with Crippen molar-refractivity contribution in [3.8, 4) is 11.4 Å². The highest BCUT2D eigenvalue weighted by Crippen LogP contribution is 2.22. The molecule has 24 heavy (non-hydrogen) atoms. The summed E-state index contributed by atoms with van der Waals surface area (Å²) in [7, 11) is 0. The number of H-pyrrole nitrogens is 1. The number of thioether (sulfide) groups is 1. The van der Waals surface area contributed by atoms with Crippen LogP contribution in [0.1, 0.15) is 5.56 Å². The lowest BCUT2D eigenvalue weighted by molar-refractivity contribution is -0.113. The van der Waals surface area contributed by atoms with Crippen LogP contribution in [0.5, 0.6) is 0 Å². The molecule has 8 heteroatoms. The molecule has 1 amide bonds. The Morgan fingerprint density at radius 2 is 2.08 bits per heavy atom. The number of carbonyl (C=O) groups excluding carboxylic acids is 1. The number of nitrogens with one attached hydrogen (secondary N) is 2. The number of halogens is 1. The second kappa shape index (κ2) is 7.59. The second-order valence-corrected chi connectivity index (χ2v) is 6.80. The Labute approximate surface area is 151 Å². The maximum absolute atomic E-state index is 12.0. The summed E-state index contributed by atoms with van der Waals surface area (Å²) in [6.45, 7) is 2.00. The summed E-state index contributed by atoms with van der Waals surface area (Å²) in [4.78, 5) is 20.4. The van der Waals surface area contributed by atoms with E-state index in [1.165, 1.54) is 11.8 Å². The zero-order chi connectivity index (χ0) is 16.9. The number of hydrogen-bond donors (Lipinski definition) is 2. The molecule has 0 unspecified atom stereocenters. The first kappa shape index (κ1) is 16.7. The number of aromatic nitrogens is 4. The van der Waals surface area contributed by atoms with Crippen LogP contribution in [0.4, 0.5) is 5.69 Å². The minimum atomic E-state index is -0.106. The van der Waals surface area contributed by atoms with Gasteiger partial charge in [-0.1, -0.05) is 33.8 Å². The van der Waals surface area contributed by atoms with E-state index in [0.29, 0.717) is 11.0 Å². The third-order valence-corrected chi connectivity index (χ3v) is 4.91. The third kappa shape index (κ3) is 4.21. The lowest BCUT2D eigenvalue weighted by atomic mass is 10.2. The van der Waals surface area contributed by atoms with Crippen LogP contribution in [-0.4, -0.2) is 31.8 Å². The Morgan fingerprint density at radius 1 is 1.29 bits per heavy atom. The van der Waals surface area contributed by atoms with E-state index in [4.69, 9.17) is 0 Å². The molecule has 0 saturated carbocycles. The topological polar surface area (TPSA) is 83.6 Å². The quantitative estimate of drug-likeness (QED) is 0.634. The number of aromatic amines is 1. The average Bonchev–Trinajstić information content (AvgIpc) is 3.06. The van der Waals surface area contributed by atoms with Gasteiger partial charge < -0.3 is 5.32 Å². The van der Waals surface area contributed by atoms with E-state index in [1.807, 2.05) is 37.3 Å². The summed E-state index contributed by atoms with van der Waals surface area (Å²) >= 11 is 4.73. The Balaban J connectivity index is 1.56. The van der Waals surface area contributed by atoms with Gasteiger partial charge in [0.1, 0.15) is 0 Å². The third-order valence-electron chi connectivity index (χ3n) is 3.21. The summed E-state index contributed by atoms with van der Waals surface area (Å²) < 4.78 is 0.962. The summed E-state index contributed by atoms with van der Waals surface area (Å²) in [5.74, 6) is 0.785. The summed E-state index contributed by atoms with van der Waals surface area (Å²) in [6.07, 6.45) is 3.38. The second-order valence-electron chi connectivity index (χ2n) is 5.00. The number of benzene rings is 1. The molecule has 2 aromatic heterocycles. The molecule has 0 radical (unpaired) electrons. The van der Waals surface area contributed by atoms with Crippen LogP contribution in [0, 0.1) is 6.92 Å². The van der Waals surface area contributed by atoms with Crippen molar-refractivity contribution in [3.05, 3.63) is 52.8 Å². The fraction of sp³-hybridized carbons (Fsp3) is 0.125. The maximum atomic E-state index is 12.0. The van der Waals surface area contributed by atoms with Gasteiger partial charge in [-0.2, -0.15) is 0 Å². The number of rotatable bonds is 5. The van der Waals surface area contributed by atoms with E-state index < -0.39 is 0 Å². The largest absolute Gasteiger partial charge is 0.325 e. The van der Waals surface area contributed by atoms with Crippen LogP contribution in [0.15, 0.2) is 52.4 Å². The standard InChI is InChI=1S/C16H14BrN5OS/c1-10-2-3-12(8-13(10)17)19-14(23)9-24-16-20-15(21-22-16)11-4-6-18-7-5-11/h2-8H,9H2,1H3,(H,19,23)(H,20,21,22). The van der Waals surface area contributed by atoms with Crippen molar-refractivity contribution in [2.45, 2.75) is 12.1 Å². The van der Waals surface area contributed by atoms with E-state index in [9.17, 15) is 4.79 Å². The molecule has 0 bridgehead atoms. The molecule has 6 nitrogen and oxygen atoms in total. The van der Waals surface area contributed by atoms with Crippen LogP contribution >= 0.6 is 27.7 Å². The molecular formula is C16H14BrN5OS. The lowest BCUT2D eigenvalue weighted by Crippen LogP contribution is -2.14. The van der Waals surface area contributed by atoms with E-state index in [0.717, 1.165) is 21.3 Å². The SMILES string of the molecule is Cc1ccc(NC(=O)CSc2n[nH]c(-c3ccncc3)n2)cc1Br. The van der Waals surface area contributed by atoms with E-state index in [-0.39, 0.29) is 11.7 Å². The van der Waals surface area contributed by atoms with Crippen LogP contribution < -0.4 is 5.32 Å². The van der Waals surface area contributed by atoms with Gasteiger partial charge >= 0.3 is 0 Å². The first-order chi connectivity index (χ1) is 11.6. The molecule has 0 aliphatic heterocycles. The summed E-state index contributed by atoms with van der Waals surface area (Å²) in [5, 5.41) is 10.4. The molecule has 0 saturated heterocycles. The number of amides is 1. The number of carbonyl (C=O) groups is 1. The van der Waals surface area contributed by atoms with Crippen LogP contribution in [0.2, 0.25) is 0 Å². The molecule has 0 aliphatic rings. The number of hydrogen-bond acceptors (Lipinski definition) is 5. The molecule has 3 rings (SSSR count). The van der Waals surface area contributed by atoms with Crippen molar-refractivity contribution in [1.29, 1.82) is 0 Å². The van der Waals surface area contributed by atoms with Gasteiger partial charge in [-0.05, 0) is 36.8 Å². The number of anilines is 1. The van der Waals surface area contributed by atoms with Crippen LogP contribution in [0.25, 0.3) is 11.4 Å². The van der Waals surface area contributed by atoms with Gasteiger partial charge in [0.2, 0.25) is 11.1 Å². The van der Waals surface area contributed by atoms with Gasteiger partial charge in [0, 0.05) is 28.1 Å². The monoisotopic (exact) mass is 403 g/mol. The Morgan fingerprint density at radius 3 is 2.83 bits per heavy atom. The molecule has 2 heterocycles. The molecular weight excluding hydrogens is 390 g/mol. The van der Waals surface area contributed by atoms with Crippen molar-refractivity contribution in [2.24, 2.45) is 0 Å². The predicted molar refractivity (Wildman–Crippen MR) is 97.8 cm³/mol. The lowest BCUT2D eigenvalue weighted by Gasteiger charge is -2.06. The van der Waals surface area contributed by atoms with E-state index in [2.05, 4.69) is 41.4 Å². The number of nitrogens with zero attached hydrogens (tertiary/aromatic N) is 3. The number of aryl methyl sites for hydroxylation is 1. The Hall–Kier alpha value is -2.19. The van der Waals surface area contributed by atoms with Gasteiger partial charge in [-0.3, -0.25) is 14.9 Å². The molecule has 0 fully saturated rings. The minimum absolute atomic E-state index is 0.106. The number of pyridine rings is 1. The normalized spacial score (nSPS) is 10.6. The fourth-order valence-electron chi connectivity index (χ4n) is 1.95. The maximum Gasteiger partial charge on any atom is 0.234 e. The first-order valence-corrected chi connectivity index (χ1v) is 8.91. The van der Waals surface area contributed by atoms with Gasteiger partial charge in [-0.15, -0.1) is 5.10 Å². The highest BCUT2D eigenvalue weighted by molar-refractivity contribution is 9.10. The molecule has 2 N–H and O–H groups in total. The molecule has 0 atom stereocenters. The van der Waals surface area contributed by atoms with Crippen molar-refractivity contribution in [2.75, 3.05) is 11.1 Å². The van der Waals surface area contributed by atoms with Crippen molar-refractivity contribution < 1.29 is 4.79 Å². The van der Waals surface area contributed by atoms with Gasteiger partial charge in [0.25, 0.3) is 0 Å². The zero-order valence-corrected chi connectivity index (χ0v) is 15.2. The Kier molecular flexibility index (Phi) is 5.27. The molecule has 122 valence electrons. The highest BCUT2D eigenvalue weighted by Gasteiger charge is 2.09.